The number of carbonyl (C=O) groups excluding carboxylic acids is 3. The summed E-state index contributed by atoms with van der Waals surface area (Å²) in [7, 11) is 0. The number of anilines is 1. The highest BCUT2D eigenvalue weighted by atomic mass is 35.5. The Morgan fingerprint density at radius 2 is 1.95 bits per heavy atom. The zero-order chi connectivity index (χ0) is 29.4. The van der Waals surface area contributed by atoms with Crippen molar-refractivity contribution >= 4 is 35.1 Å². The van der Waals surface area contributed by atoms with Gasteiger partial charge in [0.05, 0.1) is 30.8 Å². The summed E-state index contributed by atoms with van der Waals surface area (Å²) in [5.41, 5.74) is -1.63. The van der Waals surface area contributed by atoms with E-state index in [2.05, 4.69) is 13.2 Å². The molecule has 2 bridgehead atoms. The quantitative estimate of drug-likeness (QED) is 0.227. The van der Waals surface area contributed by atoms with E-state index in [9.17, 15) is 19.5 Å². The van der Waals surface area contributed by atoms with Gasteiger partial charge in [-0.05, 0) is 62.3 Å². The van der Waals surface area contributed by atoms with E-state index in [0.29, 0.717) is 30.0 Å². The third-order valence-corrected chi connectivity index (χ3v) is 9.12. The molecule has 0 saturated carbocycles. The van der Waals surface area contributed by atoms with Gasteiger partial charge in [0.15, 0.2) is 0 Å². The molecule has 3 fully saturated rings. The first-order valence-electron chi connectivity index (χ1n) is 14.0. The molecule has 40 heavy (non-hydrogen) atoms. The standard InChI is InChI=1S/C31H41ClN2O6/c1-7-9-15-39-29(38)25-24-27(36)34(23(18-35)16-19(3)4)26(31(24)17-20(5)30(25,6)40-31)28(37)33(14-8-2)22-12-10-21(32)11-13-22/h7-8,10-13,19-20,23-26,35H,1-2,9,14-18H2,3-6H3/t20?,23-,24+,25+,26?,30-,31?/m1/s1. The maximum atomic E-state index is 14.7. The summed E-state index contributed by atoms with van der Waals surface area (Å²) < 4.78 is 12.4. The van der Waals surface area contributed by atoms with Crippen LogP contribution in [0.5, 0.6) is 0 Å². The number of rotatable bonds is 12. The van der Waals surface area contributed by atoms with Gasteiger partial charge in [0.25, 0.3) is 5.91 Å². The highest BCUT2D eigenvalue weighted by Gasteiger charge is 2.80. The van der Waals surface area contributed by atoms with Gasteiger partial charge < -0.3 is 24.4 Å². The zero-order valence-electron chi connectivity index (χ0n) is 23.8. The molecule has 0 aromatic heterocycles. The van der Waals surface area contributed by atoms with Crippen LogP contribution in [0, 0.1) is 23.7 Å². The molecule has 3 heterocycles. The fraction of sp³-hybridized carbons (Fsp3) is 0.581. The van der Waals surface area contributed by atoms with Gasteiger partial charge in [-0.15, -0.1) is 13.2 Å². The monoisotopic (exact) mass is 572 g/mol. The van der Waals surface area contributed by atoms with Crippen molar-refractivity contribution in [3.63, 3.8) is 0 Å². The molecular weight excluding hydrogens is 532 g/mol. The molecule has 9 heteroatoms. The topological polar surface area (TPSA) is 96.4 Å². The first kappa shape index (κ1) is 30.3. The van der Waals surface area contributed by atoms with Gasteiger partial charge in [-0.25, -0.2) is 0 Å². The molecule has 1 aromatic rings. The maximum absolute atomic E-state index is 14.7. The third-order valence-electron chi connectivity index (χ3n) is 8.87. The van der Waals surface area contributed by atoms with Crippen LogP contribution < -0.4 is 4.90 Å². The number of hydrogen-bond donors (Lipinski definition) is 1. The molecule has 0 aliphatic carbocycles. The Morgan fingerprint density at radius 3 is 2.52 bits per heavy atom. The Balaban J connectivity index is 1.85. The van der Waals surface area contributed by atoms with E-state index in [-0.39, 0.29) is 43.4 Å². The van der Waals surface area contributed by atoms with E-state index in [1.54, 1.807) is 41.3 Å². The summed E-state index contributed by atoms with van der Waals surface area (Å²) >= 11 is 6.12. The minimum Gasteiger partial charge on any atom is -0.465 e. The number of fused-ring (bicyclic) bond motifs is 1. The van der Waals surface area contributed by atoms with E-state index in [1.165, 1.54) is 4.90 Å². The van der Waals surface area contributed by atoms with Crippen molar-refractivity contribution in [3.8, 4) is 0 Å². The van der Waals surface area contributed by atoms with Crippen molar-refractivity contribution in [3.05, 3.63) is 54.6 Å². The fourth-order valence-corrected chi connectivity index (χ4v) is 7.21. The van der Waals surface area contributed by atoms with Crippen LogP contribution in [0.25, 0.3) is 0 Å². The zero-order valence-corrected chi connectivity index (χ0v) is 24.6. The molecule has 3 aliphatic rings. The van der Waals surface area contributed by atoms with Gasteiger partial charge in [0.2, 0.25) is 5.91 Å². The molecule has 1 aromatic carbocycles. The normalized spacial score (nSPS) is 31.3. The molecule has 3 aliphatic heterocycles. The summed E-state index contributed by atoms with van der Waals surface area (Å²) in [6, 6.07) is 5.21. The van der Waals surface area contributed by atoms with Gasteiger partial charge in [-0.2, -0.15) is 0 Å². The number of benzene rings is 1. The highest BCUT2D eigenvalue weighted by Crippen LogP contribution is 2.65. The highest BCUT2D eigenvalue weighted by molar-refractivity contribution is 6.30. The van der Waals surface area contributed by atoms with Crippen LogP contribution in [0.3, 0.4) is 0 Å². The fourth-order valence-electron chi connectivity index (χ4n) is 7.08. The lowest BCUT2D eigenvalue weighted by Gasteiger charge is -2.40. The lowest BCUT2D eigenvalue weighted by Crippen LogP contribution is -2.59. The van der Waals surface area contributed by atoms with Crippen LogP contribution >= 0.6 is 11.6 Å². The number of likely N-dealkylation sites (tertiary alicyclic amines) is 1. The molecule has 1 N–H and O–H groups in total. The van der Waals surface area contributed by atoms with E-state index in [1.807, 2.05) is 27.7 Å². The van der Waals surface area contributed by atoms with Crippen molar-refractivity contribution in [1.82, 2.24) is 4.90 Å². The van der Waals surface area contributed by atoms with E-state index < -0.39 is 41.1 Å². The molecule has 3 unspecified atom stereocenters. The van der Waals surface area contributed by atoms with Crippen molar-refractivity contribution in [2.75, 3.05) is 24.7 Å². The number of aliphatic hydroxyl groups excluding tert-OH is 1. The van der Waals surface area contributed by atoms with E-state index in [4.69, 9.17) is 21.1 Å². The van der Waals surface area contributed by atoms with Gasteiger partial charge in [0.1, 0.15) is 17.6 Å². The van der Waals surface area contributed by atoms with E-state index in [0.717, 1.165) is 0 Å². The molecule has 7 atom stereocenters. The maximum Gasteiger partial charge on any atom is 0.312 e. The predicted octanol–water partition coefficient (Wildman–Crippen LogP) is 4.40. The molecule has 1 spiro atoms. The van der Waals surface area contributed by atoms with Crippen LogP contribution in [0.4, 0.5) is 5.69 Å². The van der Waals surface area contributed by atoms with Crippen LogP contribution in [-0.4, -0.2) is 70.8 Å². The second-order valence-electron chi connectivity index (χ2n) is 11.9. The second-order valence-corrected chi connectivity index (χ2v) is 12.3. The van der Waals surface area contributed by atoms with Gasteiger partial charge in [0, 0.05) is 17.3 Å². The van der Waals surface area contributed by atoms with Crippen LogP contribution in [0.1, 0.15) is 47.0 Å². The van der Waals surface area contributed by atoms with Crippen molar-refractivity contribution in [2.24, 2.45) is 23.7 Å². The number of esters is 1. The smallest absolute Gasteiger partial charge is 0.312 e. The Kier molecular flexibility index (Phi) is 8.83. The van der Waals surface area contributed by atoms with Crippen LogP contribution in [0.2, 0.25) is 5.02 Å². The summed E-state index contributed by atoms with van der Waals surface area (Å²) in [6.07, 6.45) is 4.68. The Labute approximate surface area is 241 Å². The molecule has 0 radical (unpaired) electrons. The average molecular weight is 573 g/mol. The molecular formula is C31H41ClN2O6. The summed E-state index contributed by atoms with van der Waals surface area (Å²) in [5, 5.41) is 11.0. The Morgan fingerprint density at radius 1 is 1.27 bits per heavy atom. The molecule has 218 valence electrons. The van der Waals surface area contributed by atoms with E-state index >= 15 is 0 Å². The average Bonchev–Trinajstić information content (AvgIpc) is 3.42. The van der Waals surface area contributed by atoms with Crippen molar-refractivity contribution in [1.29, 1.82) is 0 Å². The summed E-state index contributed by atoms with van der Waals surface area (Å²) in [5.74, 6) is -2.97. The van der Waals surface area contributed by atoms with Crippen molar-refractivity contribution < 1.29 is 29.0 Å². The number of aliphatic hydroxyl groups is 1. The number of ether oxygens (including phenoxy) is 2. The Bertz CT molecular complexity index is 1150. The molecule has 2 amide bonds. The number of halogens is 1. The first-order valence-corrected chi connectivity index (χ1v) is 14.4. The summed E-state index contributed by atoms with van der Waals surface area (Å²) in [4.78, 5) is 45.7. The molecule has 3 saturated heterocycles. The summed E-state index contributed by atoms with van der Waals surface area (Å²) in [6.45, 7) is 15.4. The largest absolute Gasteiger partial charge is 0.465 e. The minimum absolute atomic E-state index is 0.121. The lowest BCUT2D eigenvalue weighted by atomic mass is 9.62. The Hall–Kier alpha value is -2.68. The predicted molar refractivity (Wildman–Crippen MR) is 154 cm³/mol. The SMILES string of the molecule is C=CCCOC(=O)[C@@H]1[C@H]2C(=O)N([C@@H](CO)CC(C)C)C(C(=O)N(CC=C)c3ccc(Cl)cc3)C23CC(C)[C@@]1(C)O3. The van der Waals surface area contributed by atoms with Gasteiger partial charge in [-0.3, -0.25) is 14.4 Å². The third kappa shape index (κ3) is 4.88. The van der Waals surface area contributed by atoms with Crippen molar-refractivity contribution in [2.45, 2.75) is 70.2 Å². The number of amides is 2. The number of carbonyl (C=O) groups is 3. The van der Waals surface area contributed by atoms with Gasteiger partial charge >= 0.3 is 5.97 Å². The molecule has 4 rings (SSSR count). The lowest BCUT2D eigenvalue weighted by molar-refractivity contribution is -0.162. The number of nitrogens with zero attached hydrogens (tertiary/aromatic N) is 2. The second kappa shape index (κ2) is 11.7. The minimum atomic E-state index is -1.25. The van der Waals surface area contributed by atoms with Crippen LogP contribution in [0.15, 0.2) is 49.6 Å². The molecule has 8 nitrogen and oxygen atoms in total. The number of hydrogen-bond acceptors (Lipinski definition) is 6. The van der Waals surface area contributed by atoms with Crippen LogP contribution in [-0.2, 0) is 23.9 Å². The first-order chi connectivity index (χ1) is 19.0. The van der Waals surface area contributed by atoms with Gasteiger partial charge in [-0.1, -0.05) is 44.5 Å².